The van der Waals surface area contributed by atoms with Crippen molar-refractivity contribution in [2.75, 3.05) is 0 Å². The summed E-state index contributed by atoms with van der Waals surface area (Å²) < 4.78 is 0. The number of carbonyl (C=O) groups excluding carboxylic acids is 1. The van der Waals surface area contributed by atoms with Crippen LogP contribution in [-0.2, 0) is 0 Å². The molecule has 1 aromatic heterocycles. The van der Waals surface area contributed by atoms with Crippen LogP contribution in [0.3, 0.4) is 0 Å². The van der Waals surface area contributed by atoms with E-state index in [0.717, 1.165) is 17.4 Å². The Kier molecular flexibility index (Phi) is 4.43. The first-order chi connectivity index (χ1) is 11.7. The zero-order valence-corrected chi connectivity index (χ0v) is 13.1. The average molecular weight is 312 g/mol. The van der Waals surface area contributed by atoms with Gasteiger partial charge in [0, 0.05) is 17.3 Å². The minimum atomic E-state index is 0.411. The first-order valence-electron chi connectivity index (χ1n) is 7.52. The Morgan fingerprint density at radius 1 is 0.833 bits per heavy atom. The van der Waals surface area contributed by atoms with Gasteiger partial charge in [-0.3, -0.25) is 4.79 Å². The zero-order valence-electron chi connectivity index (χ0n) is 13.1. The molecule has 0 radical (unpaired) electrons. The standard InChI is InChI=1S/C21H16N2O/c1-15(17-9-5-3-6-10-17)20-19(14-24)13-22-21(23-20)16(2)18-11-7-4-8-12-18/h3-14H,1-2H2. The molecule has 0 saturated heterocycles. The van der Waals surface area contributed by atoms with Gasteiger partial charge in [-0.15, -0.1) is 0 Å². The van der Waals surface area contributed by atoms with Crippen LogP contribution in [-0.4, -0.2) is 16.3 Å². The van der Waals surface area contributed by atoms with E-state index < -0.39 is 0 Å². The van der Waals surface area contributed by atoms with Gasteiger partial charge in [0.05, 0.1) is 11.3 Å². The maximum Gasteiger partial charge on any atom is 0.159 e. The van der Waals surface area contributed by atoms with Crippen LogP contribution in [0.1, 0.15) is 33.0 Å². The molecule has 1 heterocycles. The first-order valence-corrected chi connectivity index (χ1v) is 7.52. The summed E-state index contributed by atoms with van der Waals surface area (Å²) in [6.45, 7) is 8.18. The maximum atomic E-state index is 11.4. The molecule has 0 spiro atoms. The maximum absolute atomic E-state index is 11.4. The Morgan fingerprint density at radius 3 is 1.92 bits per heavy atom. The molecule has 0 aliphatic heterocycles. The second-order valence-electron chi connectivity index (χ2n) is 5.30. The lowest BCUT2D eigenvalue weighted by Gasteiger charge is -2.11. The van der Waals surface area contributed by atoms with Crippen molar-refractivity contribution >= 4 is 17.4 Å². The number of carbonyl (C=O) groups is 1. The normalized spacial score (nSPS) is 10.2. The number of nitrogens with zero attached hydrogens (tertiary/aromatic N) is 2. The molecule has 116 valence electrons. The fourth-order valence-electron chi connectivity index (χ4n) is 2.41. The third-order valence-corrected chi connectivity index (χ3v) is 3.74. The summed E-state index contributed by atoms with van der Waals surface area (Å²) in [7, 11) is 0. The largest absolute Gasteiger partial charge is 0.298 e. The lowest BCUT2D eigenvalue weighted by Crippen LogP contribution is -2.04. The Balaban J connectivity index is 2.05. The Labute approximate surface area is 141 Å². The van der Waals surface area contributed by atoms with Crippen molar-refractivity contribution in [1.29, 1.82) is 0 Å². The SMILES string of the molecule is C=C(c1ccccc1)c1ncc(C=O)c(C(=C)c2ccccc2)n1. The van der Waals surface area contributed by atoms with E-state index in [2.05, 4.69) is 23.1 Å². The highest BCUT2D eigenvalue weighted by molar-refractivity contribution is 5.88. The Morgan fingerprint density at radius 2 is 1.38 bits per heavy atom. The second kappa shape index (κ2) is 6.84. The fraction of sp³-hybridized carbons (Fsp3) is 0. The molecule has 0 atom stereocenters. The van der Waals surface area contributed by atoms with Gasteiger partial charge in [-0.25, -0.2) is 9.97 Å². The molecule has 3 rings (SSSR count). The minimum Gasteiger partial charge on any atom is -0.298 e. The van der Waals surface area contributed by atoms with E-state index in [1.54, 1.807) is 0 Å². The van der Waals surface area contributed by atoms with Gasteiger partial charge in [0.1, 0.15) is 0 Å². The van der Waals surface area contributed by atoms with E-state index in [9.17, 15) is 4.79 Å². The monoisotopic (exact) mass is 312 g/mol. The van der Waals surface area contributed by atoms with Crippen LogP contribution in [0.15, 0.2) is 80.0 Å². The summed E-state index contributed by atoms with van der Waals surface area (Å²) in [5, 5.41) is 0. The number of hydrogen-bond acceptors (Lipinski definition) is 3. The van der Waals surface area contributed by atoms with Crippen molar-refractivity contribution in [3.05, 3.63) is 108 Å². The highest BCUT2D eigenvalue weighted by atomic mass is 16.1. The van der Waals surface area contributed by atoms with Crippen LogP contribution in [0.25, 0.3) is 11.1 Å². The molecule has 24 heavy (non-hydrogen) atoms. The topological polar surface area (TPSA) is 42.9 Å². The summed E-state index contributed by atoms with van der Waals surface area (Å²) in [6, 6.07) is 19.4. The van der Waals surface area contributed by atoms with Crippen LogP contribution in [0.2, 0.25) is 0 Å². The second-order valence-corrected chi connectivity index (χ2v) is 5.30. The molecule has 0 aliphatic carbocycles. The quantitative estimate of drug-likeness (QED) is 0.655. The lowest BCUT2D eigenvalue weighted by molar-refractivity contribution is 0.112. The van der Waals surface area contributed by atoms with E-state index in [1.807, 2.05) is 60.7 Å². The van der Waals surface area contributed by atoms with E-state index in [1.165, 1.54) is 6.20 Å². The molecule has 2 aromatic carbocycles. The molecule has 0 amide bonds. The number of aldehydes is 1. The van der Waals surface area contributed by atoms with E-state index >= 15 is 0 Å². The molecular formula is C21H16N2O. The molecule has 0 aliphatic rings. The Bertz CT molecular complexity index is 900. The summed E-state index contributed by atoms with van der Waals surface area (Å²) in [4.78, 5) is 20.2. The van der Waals surface area contributed by atoms with E-state index in [-0.39, 0.29) is 0 Å². The van der Waals surface area contributed by atoms with Gasteiger partial charge >= 0.3 is 0 Å². The highest BCUT2D eigenvalue weighted by Crippen LogP contribution is 2.25. The van der Waals surface area contributed by atoms with Gasteiger partial charge in [-0.1, -0.05) is 73.8 Å². The molecule has 3 aromatic rings. The summed E-state index contributed by atoms with van der Waals surface area (Å²) >= 11 is 0. The molecule has 0 fully saturated rings. The predicted molar refractivity (Wildman–Crippen MR) is 96.6 cm³/mol. The van der Waals surface area contributed by atoms with Crippen molar-refractivity contribution in [3.8, 4) is 0 Å². The van der Waals surface area contributed by atoms with Crippen molar-refractivity contribution in [2.45, 2.75) is 0 Å². The van der Waals surface area contributed by atoms with Gasteiger partial charge < -0.3 is 0 Å². The zero-order chi connectivity index (χ0) is 16.9. The summed E-state index contributed by atoms with van der Waals surface area (Å²) in [5.74, 6) is 0.485. The third kappa shape index (κ3) is 3.06. The average Bonchev–Trinajstić information content (AvgIpc) is 2.67. The number of hydrogen-bond donors (Lipinski definition) is 0. The lowest BCUT2D eigenvalue weighted by atomic mass is 10.0. The van der Waals surface area contributed by atoms with E-state index in [0.29, 0.717) is 28.2 Å². The smallest absolute Gasteiger partial charge is 0.159 e. The minimum absolute atomic E-state index is 0.411. The fourth-order valence-corrected chi connectivity index (χ4v) is 2.41. The van der Waals surface area contributed by atoms with Crippen LogP contribution >= 0.6 is 0 Å². The number of benzene rings is 2. The molecule has 3 heteroatoms. The Hall–Kier alpha value is -3.33. The highest BCUT2D eigenvalue weighted by Gasteiger charge is 2.14. The van der Waals surface area contributed by atoms with Crippen LogP contribution in [0.4, 0.5) is 0 Å². The van der Waals surface area contributed by atoms with E-state index in [4.69, 9.17) is 0 Å². The molecule has 0 unspecified atom stereocenters. The molecular weight excluding hydrogens is 296 g/mol. The molecule has 0 N–H and O–H groups in total. The van der Waals surface area contributed by atoms with Gasteiger partial charge in [0.15, 0.2) is 12.1 Å². The molecule has 0 saturated carbocycles. The third-order valence-electron chi connectivity index (χ3n) is 3.74. The number of aromatic nitrogens is 2. The van der Waals surface area contributed by atoms with Crippen molar-refractivity contribution < 1.29 is 4.79 Å². The van der Waals surface area contributed by atoms with Gasteiger partial charge in [0.25, 0.3) is 0 Å². The van der Waals surface area contributed by atoms with Gasteiger partial charge in [-0.05, 0) is 11.1 Å². The predicted octanol–water partition coefficient (Wildman–Crippen LogP) is 4.41. The molecule has 3 nitrogen and oxygen atoms in total. The van der Waals surface area contributed by atoms with Gasteiger partial charge in [0.2, 0.25) is 0 Å². The van der Waals surface area contributed by atoms with Gasteiger partial charge in [-0.2, -0.15) is 0 Å². The van der Waals surface area contributed by atoms with Crippen LogP contribution in [0, 0.1) is 0 Å². The van der Waals surface area contributed by atoms with Crippen molar-refractivity contribution in [3.63, 3.8) is 0 Å². The van der Waals surface area contributed by atoms with Crippen LogP contribution < -0.4 is 0 Å². The van der Waals surface area contributed by atoms with Crippen molar-refractivity contribution in [1.82, 2.24) is 9.97 Å². The van der Waals surface area contributed by atoms with Crippen LogP contribution in [0.5, 0.6) is 0 Å². The molecule has 0 bridgehead atoms. The summed E-state index contributed by atoms with van der Waals surface area (Å²) in [5.41, 5.74) is 4.17. The first kappa shape index (κ1) is 15.6. The summed E-state index contributed by atoms with van der Waals surface area (Å²) in [6.07, 6.45) is 2.27. The number of rotatable bonds is 5. The van der Waals surface area contributed by atoms with Crippen molar-refractivity contribution in [2.24, 2.45) is 0 Å².